The van der Waals surface area contributed by atoms with Crippen molar-refractivity contribution < 1.29 is 5.11 Å². The van der Waals surface area contributed by atoms with Crippen LogP contribution in [0.3, 0.4) is 0 Å². The van der Waals surface area contributed by atoms with Gasteiger partial charge < -0.3 is 5.11 Å². The Morgan fingerprint density at radius 3 is 2.54 bits per heavy atom. The third-order valence-corrected chi connectivity index (χ3v) is 6.37. The molecule has 0 radical (unpaired) electrons. The molecule has 1 heteroatoms. The first kappa shape index (κ1) is 21.5. The Morgan fingerprint density at radius 2 is 1.88 bits per heavy atom. The van der Waals surface area contributed by atoms with Crippen LogP contribution in [-0.4, -0.2) is 11.2 Å². The van der Waals surface area contributed by atoms with Gasteiger partial charge >= 0.3 is 0 Å². The molecule has 0 fully saturated rings. The molecular formula is C23H42O. The van der Waals surface area contributed by atoms with Crippen LogP contribution in [0.25, 0.3) is 0 Å². The van der Waals surface area contributed by atoms with Gasteiger partial charge in [0.1, 0.15) is 0 Å². The summed E-state index contributed by atoms with van der Waals surface area (Å²) in [6.45, 7) is 13.8. The summed E-state index contributed by atoms with van der Waals surface area (Å²) in [4.78, 5) is 0. The van der Waals surface area contributed by atoms with Crippen LogP contribution in [0.1, 0.15) is 92.9 Å². The van der Waals surface area contributed by atoms with Gasteiger partial charge in [-0.05, 0) is 62.7 Å². The van der Waals surface area contributed by atoms with Gasteiger partial charge in [0.2, 0.25) is 0 Å². The van der Waals surface area contributed by atoms with E-state index in [1.54, 1.807) is 5.57 Å². The summed E-state index contributed by atoms with van der Waals surface area (Å²) in [5.41, 5.74) is 3.07. The molecule has 0 aliphatic heterocycles. The second-order valence-electron chi connectivity index (χ2n) is 8.47. The molecule has 1 N–H and O–H groups in total. The van der Waals surface area contributed by atoms with Crippen molar-refractivity contribution in [1.82, 2.24) is 0 Å². The van der Waals surface area contributed by atoms with Crippen molar-refractivity contribution >= 4 is 0 Å². The van der Waals surface area contributed by atoms with Crippen LogP contribution in [0, 0.1) is 23.7 Å². The van der Waals surface area contributed by atoms with E-state index in [2.05, 4.69) is 53.7 Å². The third kappa shape index (κ3) is 7.13. The second-order valence-corrected chi connectivity index (χ2v) is 8.47. The Kier molecular flexibility index (Phi) is 9.96. The van der Waals surface area contributed by atoms with Crippen LogP contribution in [0.4, 0.5) is 0 Å². The zero-order valence-corrected chi connectivity index (χ0v) is 17.1. The van der Waals surface area contributed by atoms with E-state index in [1.807, 2.05) is 0 Å². The lowest BCUT2D eigenvalue weighted by Crippen LogP contribution is -2.32. The Labute approximate surface area is 151 Å². The van der Waals surface area contributed by atoms with Crippen LogP contribution < -0.4 is 0 Å². The predicted molar refractivity (Wildman–Crippen MR) is 107 cm³/mol. The van der Waals surface area contributed by atoms with E-state index in [4.69, 9.17) is 0 Å². The zero-order valence-electron chi connectivity index (χ0n) is 17.1. The molecule has 0 aromatic heterocycles. The summed E-state index contributed by atoms with van der Waals surface area (Å²) in [5.74, 6) is 2.39. The van der Waals surface area contributed by atoms with E-state index in [9.17, 15) is 5.11 Å². The van der Waals surface area contributed by atoms with Crippen molar-refractivity contribution in [2.45, 2.75) is 99.0 Å². The van der Waals surface area contributed by atoms with Crippen molar-refractivity contribution in [2.75, 3.05) is 0 Å². The highest BCUT2D eigenvalue weighted by molar-refractivity contribution is 5.15. The molecule has 0 aromatic carbocycles. The quantitative estimate of drug-likeness (QED) is 0.339. The van der Waals surface area contributed by atoms with Gasteiger partial charge in [0, 0.05) is 0 Å². The average Bonchev–Trinajstić information content (AvgIpc) is 2.55. The summed E-state index contributed by atoms with van der Waals surface area (Å²) >= 11 is 0. The lowest BCUT2D eigenvalue weighted by molar-refractivity contribution is 0.0971. The molecule has 0 saturated carbocycles. The van der Waals surface area contributed by atoms with Crippen LogP contribution >= 0.6 is 0 Å². The SMILES string of the molecule is CCCC/C=C(\C)CCCC(C)CCC1=CC(O)C(C)C(C)C1C. The largest absolute Gasteiger partial charge is 0.389 e. The van der Waals surface area contributed by atoms with E-state index >= 15 is 0 Å². The molecule has 24 heavy (non-hydrogen) atoms. The monoisotopic (exact) mass is 334 g/mol. The van der Waals surface area contributed by atoms with Gasteiger partial charge in [0.05, 0.1) is 6.10 Å². The van der Waals surface area contributed by atoms with Crippen molar-refractivity contribution in [2.24, 2.45) is 23.7 Å². The van der Waals surface area contributed by atoms with Crippen LogP contribution in [0.2, 0.25) is 0 Å². The maximum atomic E-state index is 10.2. The van der Waals surface area contributed by atoms with Gasteiger partial charge in [0.15, 0.2) is 0 Å². The van der Waals surface area contributed by atoms with Gasteiger partial charge in [-0.3, -0.25) is 0 Å². The molecule has 5 unspecified atom stereocenters. The molecule has 0 saturated heterocycles. The molecule has 0 aromatic rings. The summed E-state index contributed by atoms with van der Waals surface area (Å²) in [6, 6.07) is 0. The third-order valence-electron chi connectivity index (χ3n) is 6.37. The average molecular weight is 335 g/mol. The number of aliphatic hydroxyl groups is 1. The standard InChI is InChI=1S/C23H42O/c1-7-8-9-11-17(2)12-10-13-18(3)14-15-22-16-23(24)21(6)19(4)20(22)5/h11,16,18-21,23-24H,7-10,12-15H2,1-6H3/b17-11+. The molecule has 1 nitrogen and oxygen atoms in total. The lowest BCUT2D eigenvalue weighted by atomic mass is 9.71. The fraction of sp³-hybridized carbons (Fsp3) is 0.826. The Morgan fingerprint density at radius 1 is 1.17 bits per heavy atom. The Balaban J connectivity index is 2.30. The van der Waals surface area contributed by atoms with E-state index in [0.29, 0.717) is 17.8 Å². The molecule has 0 heterocycles. The first-order chi connectivity index (χ1) is 11.4. The van der Waals surface area contributed by atoms with Gasteiger partial charge in [-0.2, -0.15) is 0 Å². The Hall–Kier alpha value is -0.560. The first-order valence-corrected chi connectivity index (χ1v) is 10.4. The summed E-state index contributed by atoms with van der Waals surface area (Å²) in [6.07, 6.45) is 14.6. The normalized spacial score (nSPS) is 29.5. The predicted octanol–water partition coefficient (Wildman–Crippen LogP) is 6.92. The molecule has 1 aliphatic rings. The number of aliphatic hydroxyl groups excluding tert-OH is 1. The highest BCUT2D eigenvalue weighted by Gasteiger charge is 2.31. The zero-order chi connectivity index (χ0) is 18.1. The second kappa shape index (κ2) is 11.1. The lowest BCUT2D eigenvalue weighted by Gasteiger charge is -2.36. The Bertz CT molecular complexity index is 406. The van der Waals surface area contributed by atoms with Gasteiger partial charge in [-0.25, -0.2) is 0 Å². The summed E-state index contributed by atoms with van der Waals surface area (Å²) in [7, 11) is 0. The van der Waals surface area contributed by atoms with Crippen molar-refractivity contribution in [3.05, 3.63) is 23.3 Å². The maximum Gasteiger partial charge on any atom is 0.0751 e. The number of unbranched alkanes of at least 4 members (excludes halogenated alkanes) is 2. The fourth-order valence-corrected chi connectivity index (χ4v) is 3.88. The summed E-state index contributed by atoms with van der Waals surface area (Å²) in [5, 5.41) is 10.2. The number of hydrogen-bond donors (Lipinski definition) is 1. The van der Waals surface area contributed by atoms with Crippen molar-refractivity contribution in [3.8, 4) is 0 Å². The van der Waals surface area contributed by atoms with Crippen LogP contribution in [0.5, 0.6) is 0 Å². The highest BCUT2D eigenvalue weighted by atomic mass is 16.3. The summed E-state index contributed by atoms with van der Waals surface area (Å²) < 4.78 is 0. The van der Waals surface area contributed by atoms with Crippen LogP contribution in [-0.2, 0) is 0 Å². The van der Waals surface area contributed by atoms with Gasteiger partial charge in [0.25, 0.3) is 0 Å². The number of hydrogen-bond acceptors (Lipinski definition) is 1. The van der Waals surface area contributed by atoms with E-state index < -0.39 is 0 Å². The maximum absolute atomic E-state index is 10.2. The molecule has 0 spiro atoms. The van der Waals surface area contributed by atoms with E-state index in [1.165, 1.54) is 56.9 Å². The van der Waals surface area contributed by atoms with Gasteiger partial charge in [-0.15, -0.1) is 0 Å². The highest BCUT2D eigenvalue weighted by Crippen LogP contribution is 2.37. The molecular weight excluding hydrogens is 292 g/mol. The molecule has 5 atom stereocenters. The molecule has 1 rings (SSSR count). The van der Waals surface area contributed by atoms with Crippen LogP contribution in [0.15, 0.2) is 23.3 Å². The smallest absolute Gasteiger partial charge is 0.0751 e. The first-order valence-electron chi connectivity index (χ1n) is 10.4. The minimum Gasteiger partial charge on any atom is -0.389 e. The topological polar surface area (TPSA) is 20.2 Å². The minimum absolute atomic E-state index is 0.239. The fourth-order valence-electron chi connectivity index (χ4n) is 3.88. The number of allylic oxidation sites excluding steroid dienone is 3. The van der Waals surface area contributed by atoms with E-state index in [-0.39, 0.29) is 6.10 Å². The molecule has 0 amide bonds. The molecule has 140 valence electrons. The van der Waals surface area contributed by atoms with Crippen molar-refractivity contribution in [3.63, 3.8) is 0 Å². The van der Waals surface area contributed by atoms with E-state index in [0.717, 1.165) is 5.92 Å². The molecule has 0 bridgehead atoms. The van der Waals surface area contributed by atoms with Gasteiger partial charge in [-0.1, -0.05) is 77.2 Å². The van der Waals surface area contributed by atoms with Crippen molar-refractivity contribution in [1.29, 1.82) is 0 Å². The number of rotatable bonds is 10. The minimum atomic E-state index is -0.239. The molecule has 1 aliphatic carbocycles.